The topological polar surface area (TPSA) is 384 Å². The van der Waals surface area contributed by atoms with Crippen LogP contribution in [0, 0.1) is 0 Å². The number of rotatable bonds is 14. The average Bonchev–Trinajstić information content (AvgIpc) is 3.30. The number of aliphatic hydroxyl groups is 9. The fraction of sp³-hybridized carbons (Fsp3) is 0.442. The van der Waals surface area contributed by atoms with Crippen LogP contribution in [0.2, 0.25) is 0 Å². The molecule has 4 heterocycles. The Labute approximate surface area is 377 Å². The molecule has 13 N–H and O–H groups in total. The van der Waals surface area contributed by atoms with Crippen LogP contribution in [-0.4, -0.2) is 191 Å². The smallest absolute Gasteiger partial charge is 0.330 e. The molecule has 3 fully saturated rings. The minimum atomic E-state index is -2.13. The number of aromatic hydroxyl groups is 4. The first-order chi connectivity index (χ1) is 31.9. The van der Waals surface area contributed by atoms with Crippen LogP contribution < -0.4 is 14.9 Å². The molecule has 7 rings (SSSR count). The van der Waals surface area contributed by atoms with Crippen molar-refractivity contribution in [3.8, 4) is 45.8 Å². The van der Waals surface area contributed by atoms with Gasteiger partial charge >= 0.3 is 5.97 Å². The molecule has 0 amide bonds. The largest absolute Gasteiger partial charge is 0.508 e. The van der Waals surface area contributed by atoms with Gasteiger partial charge in [0.1, 0.15) is 102 Å². The Bertz CT molecular complexity index is 2440. The summed E-state index contributed by atoms with van der Waals surface area (Å²) in [6, 6.07) is 11.1. The van der Waals surface area contributed by atoms with Crippen LogP contribution in [0.5, 0.6) is 34.5 Å². The van der Waals surface area contributed by atoms with E-state index in [0.717, 1.165) is 18.2 Å². The quantitative estimate of drug-likeness (QED) is 0.0455. The van der Waals surface area contributed by atoms with Crippen molar-refractivity contribution >= 4 is 23.0 Å². The molecule has 3 saturated heterocycles. The Morgan fingerprint density at radius 2 is 1.25 bits per heavy atom. The minimum absolute atomic E-state index is 0.0761. The van der Waals surface area contributed by atoms with E-state index in [1.807, 2.05) is 0 Å². The van der Waals surface area contributed by atoms with E-state index in [9.17, 15) is 76.0 Å². The van der Waals surface area contributed by atoms with Gasteiger partial charge in [0, 0.05) is 23.8 Å². The molecule has 24 heteroatoms. The van der Waals surface area contributed by atoms with Gasteiger partial charge in [-0.05, 0) is 48.0 Å². The lowest BCUT2D eigenvalue weighted by atomic mass is 9.96. The van der Waals surface area contributed by atoms with Gasteiger partial charge in [-0.3, -0.25) is 4.79 Å². The van der Waals surface area contributed by atoms with Crippen molar-refractivity contribution in [3.63, 3.8) is 0 Å². The molecule has 3 aromatic carbocycles. The monoisotopic (exact) mass is 948 g/mol. The van der Waals surface area contributed by atoms with Crippen LogP contribution in [0.25, 0.3) is 28.4 Å². The number of esters is 1. The van der Waals surface area contributed by atoms with Gasteiger partial charge in [0.05, 0.1) is 20.3 Å². The van der Waals surface area contributed by atoms with Crippen molar-refractivity contribution in [2.45, 2.75) is 92.1 Å². The van der Waals surface area contributed by atoms with E-state index in [1.165, 1.54) is 55.7 Å². The van der Waals surface area contributed by atoms with Crippen LogP contribution in [0.15, 0.2) is 69.9 Å². The standard InChI is InChI=1S/C43H48O24/c1-59-22-10-16(2-8-20(22)48)3-9-27(50)60-15-26-31(53)33(55)36(58)41(64-26)66-39-34(56)29(51)25(14-45)63-43(39)67-40-35(57)30(52)24(13-44)62-42(40)65-38-32(54)28-21(49)11-19(47)12-23(28)61-37(38)17-4-6-18(46)7-5-17/h2-12,24-26,29-31,33-36,39-49,51-53,55-58H,13-15H2,1H3/t24-,25-,26-,29+,30-,31-,33+,34+,35+,36-,39-,40-,41+,42+,43+/m1/s1. The molecule has 0 spiro atoms. The molecule has 3 aliphatic heterocycles. The number of carbonyl (C=O) groups is 1. The molecular formula is C43H48O24. The van der Waals surface area contributed by atoms with E-state index < -0.39 is 152 Å². The molecule has 3 aliphatic rings. The summed E-state index contributed by atoms with van der Waals surface area (Å²) in [5.41, 5.74) is -0.910. The molecule has 0 aliphatic carbocycles. The lowest BCUT2D eigenvalue weighted by Gasteiger charge is -2.48. The number of benzene rings is 3. The number of fused-ring (bicyclic) bond motifs is 1. The van der Waals surface area contributed by atoms with Crippen LogP contribution in [-0.2, 0) is 33.2 Å². The van der Waals surface area contributed by atoms with Gasteiger partial charge in [0.15, 0.2) is 35.9 Å². The van der Waals surface area contributed by atoms with Crippen molar-refractivity contribution in [1.82, 2.24) is 0 Å². The zero-order valence-corrected chi connectivity index (χ0v) is 34.9. The van der Waals surface area contributed by atoms with Crippen molar-refractivity contribution in [1.29, 1.82) is 0 Å². The van der Waals surface area contributed by atoms with Crippen molar-refractivity contribution in [2.24, 2.45) is 0 Å². The highest BCUT2D eigenvalue weighted by molar-refractivity contribution is 5.88. The van der Waals surface area contributed by atoms with E-state index in [4.69, 9.17) is 42.3 Å². The third-order valence-electron chi connectivity index (χ3n) is 11.2. The number of phenolic OH excluding ortho intramolecular Hbond substituents is 4. The molecule has 15 atom stereocenters. The van der Waals surface area contributed by atoms with Gasteiger partial charge < -0.3 is 109 Å². The normalized spacial score (nSPS) is 32.3. The van der Waals surface area contributed by atoms with Gasteiger partial charge in [-0.1, -0.05) is 6.07 Å². The van der Waals surface area contributed by atoms with E-state index in [1.54, 1.807) is 0 Å². The van der Waals surface area contributed by atoms with Crippen LogP contribution in [0.1, 0.15) is 5.56 Å². The Hall–Kier alpha value is -5.68. The predicted octanol–water partition coefficient (Wildman–Crippen LogP) is -2.62. The molecule has 0 radical (unpaired) electrons. The fourth-order valence-electron chi connectivity index (χ4n) is 7.55. The Kier molecular flexibility index (Phi) is 15.2. The van der Waals surface area contributed by atoms with E-state index in [2.05, 4.69) is 0 Å². The van der Waals surface area contributed by atoms with Gasteiger partial charge in [0.25, 0.3) is 0 Å². The number of ether oxygens (including phenoxy) is 8. The van der Waals surface area contributed by atoms with Gasteiger partial charge in [0.2, 0.25) is 17.5 Å². The number of carbonyl (C=O) groups excluding carboxylic acids is 1. The summed E-state index contributed by atoms with van der Waals surface area (Å²) in [4.78, 5) is 26.8. The molecule has 1 aromatic heterocycles. The molecule has 24 nitrogen and oxygen atoms in total. The summed E-state index contributed by atoms with van der Waals surface area (Å²) in [7, 11) is 1.33. The molecular weight excluding hydrogens is 900 g/mol. The highest BCUT2D eigenvalue weighted by Gasteiger charge is 2.55. The fourth-order valence-corrected chi connectivity index (χ4v) is 7.55. The summed E-state index contributed by atoms with van der Waals surface area (Å²) in [6.07, 6.45) is -27.2. The van der Waals surface area contributed by atoms with Crippen molar-refractivity contribution in [3.05, 3.63) is 76.5 Å². The molecule has 364 valence electrons. The SMILES string of the molecule is COc1cc(C=CC(=O)OC[C@H]2O[C@@H](O[C@H]3[C@H](O[C@H]4[C@H](Oc5c(-c6ccc(O)cc6)oc6cc(O)cc(O)c6c5=O)O[C@H](CO)[C@@H](O)[C@@H]4O)O[C@H](CO)[C@H](O)[C@@H]3O)[C@H](O)[C@@H](O)[C@@H]2O)ccc1O. The number of hydrogen-bond donors (Lipinski definition) is 13. The molecule has 0 saturated carbocycles. The van der Waals surface area contributed by atoms with Gasteiger partial charge in [-0.15, -0.1) is 0 Å². The van der Waals surface area contributed by atoms with Crippen molar-refractivity contribution < 1.29 is 113 Å². The molecule has 0 bridgehead atoms. The van der Waals surface area contributed by atoms with E-state index in [-0.39, 0.29) is 28.4 Å². The Morgan fingerprint density at radius 1 is 0.657 bits per heavy atom. The number of phenols is 4. The van der Waals surface area contributed by atoms with E-state index in [0.29, 0.717) is 5.56 Å². The highest BCUT2D eigenvalue weighted by Crippen LogP contribution is 2.39. The summed E-state index contributed by atoms with van der Waals surface area (Å²) >= 11 is 0. The van der Waals surface area contributed by atoms with Gasteiger partial charge in [-0.25, -0.2) is 4.79 Å². The zero-order valence-electron chi connectivity index (χ0n) is 34.9. The number of hydrogen-bond acceptors (Lipinski definition) is 24. The van der Waals surface area contributed by atoms with Gasteiger partial charge in [-0.2, -0.15) is 0 Å². The first-order valence-corrected chi connectivity index (χ1v) is 20.4. The lowest BCUT2D eigenvalue weighted by molar-refractivity contribution is -0.389. The second-order valence-corrected chi connectivity index (χ2v) is 15.6. The summed E-state index contributed by atoms with van der Waals surface area (Å²) in [5, 5.41) is 138. The second-order valence-electron chi connectivity index (χ2n) is 15.6. The summed E-state index contributed by atoms with van der Waals surface area (Å²) < 4.78 is 51.2. The minimum Gasteiger partial charge on any atom is -0.508 e. The van der Waals surface area contributed by atoms with Crippen LogP contribution in [0.4, 0.5) is 0 Å². The van der Waals surface area contributed by atoms with E-state index >= 15 is 0 Å². The second kappa shape index (κ2) is 20.7. The molecule has 67 heavy (non-hydrogen) atoms. The number of aliphatic hydroxyl groups excluding tert-OH is 9. The lowest BCUT2D eigenvalue weighted by Crippen LogP contribution is -2.67. The average molecular weight is 949 g/mol. The maximum atomic E-state index is 14.2. The third-order valence-corrected chi connectivity index (χ3v) is 11.2. The number of methoxy groups -OCH3 is 1. The summed E-state index contributed by atoms with van der Waals surface area (Å²) in [5.74, 6) is -3.56. The Morgan fingerprint density at radius 3 is 1.90 bits per heavy atom. The molecule has 4 aromatic rings. The third kappa shape index (κ3) is 10.3. The first kappa shape index (κ1) is 49.2. The molecule has 0 unspecified atom stereocenters. The Balaban J connectivity index is 1.17. The highest BCUT2D eigenvalue weighted by atomic mass is 16.8. The van der Waals surface area contributed by atoms with Crippen LogP contribution >= 0.6 is 0 Å². The first-order valence-electron chi connectivity index (χ1n) is 20.4. The van der Waals surface area contributed by atoms with Crippen molar-refractivity contribution in [2.75, 3.05) is 26.9 Å². The maximum absolute atomic E-state index is 14.2. The zero-order chi connectivity index (χ0) is 48.4. The van der Waals surface area contributed by atoms with Crippen LogP contribution in [0.3, 0.4) is 0 Å². The predicted molar refractivity (Wildman–Crippen MR) is 220 cm³/mol. The summed E-state index contributed by atoms with van der Waals surface area (Å²) in [6.45, 7) is -2.67. The maximum Gasteiger partial charge on any atom is 0.330 e.